The molecule has 2 heterocycles. The lowest BCUT2D eigenvalue weighted by Crippen LogP contribution is -2.48. The molecule has 1 aliphatic rings. The van der Waals surface area contributed by atoms with E-state index in [0.717, 1.165) is 51.5 Å². The second kappa shape index (κ2) is 10.6. The Balaban J connectivity index is 0.00000261. The fraction of sp³-hybridized carbons (Fsp3) is 0.550. The van der Waals surface area contributed by atoms with Crippen molar-refractivity contribution in [2.75, 3.05) is 39.6 Å². The second-order valence-corrected chi connectivity index (χ2v) is 8.19. The van der Waals surface area contributed by atoms with Gasteiger partial charge in [0.15, 0.2) is 5.96 Å². The SMILES string of the molecule is CN=C(NCCc1c[nH]c2cccc(C)c12)NCC1(SC)CCOCC1.I. The Bertz CT molecular complexity index is 756. The third-order valence-electron chi connectivity index (χ3n) is 5.32. The van der Waals surface area contributed by atoms with Crippen molar-refractivity contribution in [3.05, 3.63) is 35.5 Å². The number of H-pyrrole nitrogens is 1. The van der Waals surface area contributed by atoms with Crippen LogP contribution in [0.15, 0.2) is 29.4 Å². The maximum Gasteiger partial charge on any atom is 0.191 e. The Hall–Kier alpha value is -0.930. The second-order valence-electron chi connectivity index (χ2n) is 6.91. The molecule has 3 N–H and O–H groups in total. The van der Waals surface area contributed by atoms with Crippen molar-refractivity contribution in [2.24, 2.45) is 4.99 Å². The maximum absolute atomic E-state index is 5.52. The van der Waals surface area contributed by atoms with Gasteiger partial charge in [-0.1, -0.05) is 12.1 Å². The lowest BCUT2D eigenvalue weighted by molar-refractivity contribution is 0.0783. The zero-order valence-corrected chi connectivity index (χ0v) is 19.6. The summed E-state index contributed by atoms with van der Waals surface area (Å²) in [5, 5.41) is 8.32. The van der Waals surface area contributed by atoms with Crippen molar-refractivity contribution < 1.29 is 4.74 Å². The first-order valence-electron chi connectivity index (χ1n) is 9.30. The van der Waals surface area contributed by atoms with Crippen molar-refractivity contribution in [1.29, 1.82) is 0 Å². The number of benzene rings is 1. The first-order chi connectivity index (χ1) is 12.7. The average molecular weight is 502 g/mol. The Morgan fingerprint density at radius 1 is 1.30 bits per heavy atom. The number of aliphatic imine (C=N–C) groups is 1. The lowest BCUT2D eigenvalue weighted by Gasteiger charge is -2.36. The highest BCUT2D eigenvalue weighted by atomic mass is 127. The zero-order chi connectivity index (χ0) is 18.4. The van der Waals surface area contributed by atoms with Crippen LogP contribution in [0.1, 0.15) is 24.0 Å². The molecule has 0 atom stereocenters. The highest BCUT2D eigenvalue weighted by Crippen LogP contribution is 2.32. The number of guanidine groups is 1. The van der Waals surface area contributed by atoms with Crippen LogP contribution >= 0.6 is 35.7 Å². The molecule has 0 amide bonds. The van der Waals surface area contributed by atoms with Gasteiger partial charge in [0.2, 0.25) is 0 Å². The van der Waals surface area contributed by atoms with Crippen LogP contribution in [0.2, 0.25) is 0 Å². The fourth-order valence-corrected chi connectivity index (χ4v) is 4.42. The summed E-state index contributed by atoms with van der Waals surface area (Å²) in [4.78, 5) is 7.76. The normalized spacial score (nSPS) is 16.8. The van der Waals surface area contributed by atoms with E-state index in [-0.39, 0.29) is 28.7 Å². The van der Waals surface area contributed by atoms with Crippen molar-refractivity contribution in [3.8, 4) is 0 Å². The molecule has 1 aromatic heterocycles. The van der Waals surface area contributed by atoms with Gasteiger partial charge >= 0.3 is 0 Å². The summed E-state index contributed by atoms with van der Waals surface area (Å²) in [6.45, 7) is 5.66. The summed E-state index contributed by atoms with van der Waals surface area (Å²) in [7, 11) is 1.83. The molecular weight excluding hydrogens is 471 g/mol. The van der Waals surface area contributed by atoms with Crippen LogP contribution in [0.25, 0.3) is 10.9 Å². The minimum atomic E-state index is 0. The highest BCUT2D eigenvalue weighted by Gasteiger charge is 2.31. The summed E-state index contributed by atoms with van der Waals surface area (Å²) in [5.74, 6) is 0.876. The van der Waals surface area contributed by atoms with Gasteiger partial charge < -0.3 is 20.4 Å². The van der Waals surface area contributed by atoms with Crippen molar-refractivity contribution in [1.82, 2.24) is 15.6 Å². The molecule has 0 aliphatic carbocycles. The number of nitrogens with zero attached hydrogens (tertiary/aromatic N) is 1. The molecule has 3 rings (SSSR count). The van der Waals surface area contributed by atoms with Gasteiger partial charge in [0, 0.05) is 55.2 Å². The molecule has 7 heteroatoms. The number of hydrogen-bond acceptors (Lipinski definition) is 3. The van der Waals surface area contributed by atoms with Crippen molar-refractivity contribution >= 4 is 52.6 Å². The summed E-state index contributed by atoms with van der Waals surface area (Å²) in [6.07, 6.45) is 7.47. The molecule has 0 radical (unpaired) electrons. The van der Waals surface area contributed by atoms with Gasteiger partial charge in [0.05, 0.1) is 0 Å². The summed E-state index contributed by atoms with van der Waals surface area (Å²) >= 11 is 1.94. The van der Waals surface area contributed by atoms with Gasteiger partial charge in [0.25, 0.3) is 0 Å². The van der Waals surface area contributed by atoms with E-state index in [1.165, 1.54) is 22.0 Å². The molecule has 27 heavy (non-hydrogen) atoms. The van der Waals surface area contributed by atoms with E-state index in [1.807, 2.05) is 18.8 Å². The number of nitrogens with one attached hydrogen (secondary N) is 3. The van der Waals surface area contributed by atoms with Gasteiger partial charge in [-0.05, 0) is 49.6 Å². The molecule has 150 valence electrons. The molecule has 0 saturated carbocycles. The van der Waals surface area contributed by atoms with Crippen LogP contribution in [0.5, 0.6) is 0 Å². The predicted octanol–water partition coefficient (Wildman–Crippen LogP) is 3.71. The third kappa shape index (κ3) is 5.54. The highest BCUT2D eigenvalue weighted by molar-refractivity contribution is 14.0. The number of aryl methyl sites for hydroxylation is 1. The molecule has 1 fully saturated rings. The molecular formula is C20H31IN4OS. The number of halogens is 1. The van der Waals surface area contributed by atoms with E-state index in [0.29, 0.717) is 0 Å². The van der Waals surface area contributed by atoms with Crippen LogP contribution in [-0.4, -0.2) is 55.3 Å². The number of fused-ring (bicyclic) bond motifs is 1. The summed E-state index contributed by atoms with van der Waals surface area (Å²) in [6, 6.07) is 6.40. The zero-order valence-electron chi connectivity index (χ0n) is 16.4. The quantitative estimate of drug-likeness (QED) is 0.320. The van der Waals surface area contributed by atoms with Crippen LogP contribution in [0, 0.1) is 6.92 Å². The van der Waals surface area contributed by atoms with E-state index in [4.69, 9.17) is 4.74 Å². The fourth-order valence-electron chi connectivity index (χ4n) is 3.63. The van der Waals surface area contributed by atoms with Gasteiger partial charge in [-0.3, -0.25) is 4.99 Å². The van der Waals surface area contributed by atoms with Crippen LogP contribution < -0.4 is 10.6 Å². The minimum absolute atomic E-state index is 0. The first-order valence-corrected chi connectivity index (χ1v) is 10.5. The van der Waals surface area contributed by atoms with E-state index < -0.39 is 0 Å². The lowest BCUT2D eigenvalue weighted by atomic mass is 9.99. The Labute approximate surface area is 183 Å². The number of hydrogen-bond donors (Lipinski definition) is 3. The Kier molecular flexibility index (Phi) is 8.75. The minimum Gasteiger partial charge on any atom is -0.381 e. The van der Waals surface area contributed by atoms with E-state index in [1.54, 1.807) is 0 Å². The van der Waals surface area contributed by atoms with Gasteiger partial charge in [-0.2, -0.15) is 11.8 Å². The van der Waals surface area contributed by atoms with Crippen LogP contribution in [-0.2, 0) is 11.2 Å². The summed E-state index contributed by atoms with van der Waals surface area (Å²) in [5.41, 5.74) is 3.89. The maximum atomic E-state index is 5.52. The third-order valence-corrected chi connectivity index (χ3v) is 6.74. The Morgan fingerprint density at radius 3 is 2.78 bits per heavy atom. The van der Waals surface area contributed by atoms with Crippen molar-refractivity contribution in [3.63, 3.8) is 0 Å². The molecule has 1 aliphatic heterocycles. The van der Waals surface area contributed by atoms with E-state index in [9.17, 15) is 0 Å². The number of aromatic amines is 1. The van der Waals surface area contributed by atoms with Gasteiger partial charge in [-0.25, -0.2) is 0 Å². The molecule has 5 nitrogen and oxygen atoms in total. The first kappa shape index (κ1) is 22.4. The topological polar surface area (TPSA) is 61.4 Å². The van der Waals surface area contributed by atoms with Crippen LogP contribution in [0.3, 0.4) is 0 Å². The van der Waals surface area contributed by atoms with Gasteiger partial charge in [0.1, 0.15) is 0 Å². The smallest absolute Gasteiger partial charge is 0.191 e. The van der Waals surface area contributed by atoms with Crippen LogP contribution in [0.4, 0.5) is 0 Å². The predicted molar refractivity (Wildman–Crippen MR) is 128 cm³/mol. The van der Waals surface area contributed by atoms with E-state index in [2.05, 4.69) is 58.2 Å². The van der Waals surface area contributed by atoms with E-state index >= 15 is 0 Å². The molecule has 0 unspecified atom stereocenters. The van der Waals surface area contributed by atoms with Gasteiger partial charge in [-0.15, -0.1) is 24.0 Å². The number of aromatic nitrogens is 1. The molecule has 0 spiro atoms. The Morgan fingerprint density at radius 2 is 2.07 bits per heavy atom. The summed E-state index contributed by atoms with van der Waals surface area (Å²) < 4.78 is 5.77. The average Bonchev–Trinajstić information content (AvgIpc) is 3.09. The standard InChI is InChI=1S/C20H30N4OS.HI/c1-15-5-4-6-17-18(15)16(13-23-17)7-10-22-19(21-2)24-14-20(26-3)8-11-25-12-9-20;/h4-6,13,23H,7-12,14H2,1-3H3,(H2,21,22,24);1H. The number of rotatable bonds is 6. The molecule has 0 bridgehead atoms. The monoisotopic (exact) mass is 502 g/mol. The molecule has 2 aromatic rings. The largest absolute Gasteiger partial charge is 0.381 e. The molecule has 1 aromatic carbocycles. The number of thioether (sulfide) groups is 1. The number of ether oxygens (including phenoxy) is 1. The van der Waals surface area contributed by atoms with Crippen molar-refractivity contribution in [2.45, 2.75) is 30.9 Å². The molecule has 1 saturated heterocycles.